The zero-order chi connectivity index (χ0) is 20.3. The molecule has 0 saturated carbocycles. The van der Waals surface area contributed by atoms with Crippen molar-refractivity contribution in [1.82, 2.24) is 15.2 Å². The molecule has 0 aliphatic carbocycles. The van der Waals surface area contributed by atoms with Gasteiger partial charge < -0.3 is 15.5 Å². The van der Waals surface area contributed by atoms with Crippen LogP contribution in [-0.2, 0) is 4.79 Å². The van der Waals surface area contributed by atoms with Crippen molar-refractivity contribution in [3.05, 3.63) is 59.1 Å². The summed E-state index contributed by atoms with van der Waals surface area (Å²) in [6, 6.07) is 12.1. The van der Waals surface area contributed by atoms with Gasteiger partial charge in [-0.2, -0.15) is 0 Å². The second kappa shape index (κ2) is 8.25. The molecule has 6 nitrogen and oxygen atoms in total. The highest BCUT2D eigenvalue weighted by atomic mass is 16.2. The summed E-state index contributed by atoms with van der Waals surface area (Å²) in [6.07, 6.45) is 0.730. The summed E-state index contributed by atoms with van der Waals surface area (Å²) in [6.45, 7) is 6.70. The van der Waals surface area contributed by atoms with Crippen LogP contribution < -0.4 is 10.6 Å². The topological polar surface area (TPSA) is 81.1 Å². The molecule has 1 amide bonds. The number of nitrogens with zero attached hydrogens (tertiary/aromatic N) is 2. The lowest BCUT2D eigenvalue weighted by molar-refractivity contribution is -0.128. The van der Waals surface area contributed by atoms with E-state index >= 15 is 0 Å². The number of hydrogen-bond acceptors (Lipinski definition) is 4. The molecule has 0 bridgehead atoms. The van der Waals surface area contributed by atoms with Gasteiger partial charge in [0.2, 0.25) is 5.91 Å². The normalized spacial score (nSPS) is 14.1. The Morgan fingerprint density at radius 3 is 2.46 bits per heavy atom. The molecule has 1 aliphatic heterocycles. The van der Waals surface area contributed by atoms with E-state index < -0.39 is 0 Å². The number of anilines is 1. The van der Waals surface area contributed by atoms with Crippen molar-refractivity contribution in [2.75, 3.05) is 25.5 Å². The van der Waals surface area contributed by atoms with E-state index in [1.54, 1.807) is 11.8 Å². The molecule has 2 heterocycles. The van der Waals surface area contributed by atoms with Crippen molar-refractivity contribution in [3.8, 4) is 11.1 Å². The fourth-order valence-corrected chi connectivity index (χ4v) is 3.48. The highest BCUT2D eigenvalue weighted by Crippen LogP contribution is 2.25. The van der Waals surface area contributed by atoms with Crippen LogP contribution in [0.2, 0.25) is 0 Å². The Morgan fingerprint density at radius 1 is 1.14 bits per heavy atom. The number of carbonyl (C=O) groups excluding carboxylic acids is 1. The second-order valence-corrected chi connectivity index (χ2v) is 7.06. The van der Waals surface area contributed by atoms with Crippen LogP contribution in [0.4, 0.5) is 5.69 Å². The van der Waals surface area contributed by atoms with Gasteiger partial charge in [-0.1, -0.05) is 18.2 Å². The zero-order valence-electron chi connectivity index (χ0n) is 16.9. The predicted molar refractivity (Wildman–Crippen MR) is 113 cm³/mol. The largest absolute Gasteiger partial charge is 0.391 e. The summed E-state index contributed by atoms with van der Waals surface area (Å²) in [5, 5.41) is 14.8. The number of carbonyl (C=O) groups is 1. The molecule has 0 radical (unpaired) electrons. The second-order valence-electron chi connectivity index (χ2n) is 7.06. The van der Waals surface area contributed by atoms with Crippen LogP contribution in [0.5, 0.6) is 0 Å². The van der Waals surface area contributed by atoms with Crippen molar-refractivity contribution < 1.29 is 4.79 Å². The summed E-state index contributed by atoms with van der Waals surface area (Å²) in [7, 11) is 1.86. The summed E-state index contributed by atoms with van der Waals surface area (Å²) in [5.74, 6) is 0.350. The van der Waals surface area contributed by atoms with E-state index in [2.05, 4.69) is 21.7 Å². The predicted octanol–water partition coefficient (Wildman–Crippen LogP) is 3.48. The Bertz CT molecular complexity index is 930. The van der Waals surface area contributed by atoms with Crippen molar-refractivity contribution in [3.63, 3.8) is 0 Å². The lowest BCUT2D eigenvalue weighted by Gasteiger charge is -2.30. The molecule has 0 saturated heterocycles. The number of aromatic nitrogens is 1. The lowest BCUT2D eigenvalue weighted by atomic mass is 10.0. The quantitative estimate of drug-likeness (QED) is 0.563. The molecule has 146 valence electrons. The van der Waals surface area contributed by atoms with Gasteiger partial charge in [-0.15, -0.1) is 0 Å². The molecule has 2 aromatic rings. The monoisotopic (exact) mass is 377 g/mol. The van der Waals surface area contributed by atoms with Crippen molar-refractivity contribution in [1.29, 1.82) is 5.41 Å². The van der Waals surface area contributed by atoms with Crippen LogP contribution >= 0.6 is 0 Å². The highest BCUT2D eigenvalue weighted by molar-refractivity contribution is 6.07. The van der Waals surface area contributed by atoms with Gasteiger partial charge in [0.05, 0.1) is 6.54 Å². The molecule has 1 aromatic carbocycles. The lowest BCUT2D eigenvalue weighted by Crippen LogP contribution is -2.40. The van der Waals surface area contributed by atoms with Gasteiger partial charge in [0, 0.05) is 60.8 Å². The average Bonchev–Trinajstić information content (AvgIpc) is 2.68. The smallest absolute Gasteiger partial charge is 0.219 e. The first-order valence-corrected chi connectivity index (χ1v) is 9.45. The van der Waals surface area contributed by atoms with Crippen LogP contribution in [-0.4, -0.2) is 41.8 Å². The van der Waals surface area contributed by atoms with E-state index in [0.29, 0.717) is 18.9 Å². The third-order valence-electron chi connectivity index (χ3n) is 5.08. The Hall–Kier alpha value is -3.15. The third kappa shape index (κ3) is 4.22. The maximum Gasteiger partial charge on any atom is 0.219 e. The number of rotatable bonds is 4. The number of amides is 1. The standard InChI is InChI=1S/C22H27N5O/c1-14-5-10-19(15(2)25-14)17-6-8-18(9-7-17)26-22(23)20-13-27(16(3)28)12-11-21(20)24-4/h5-10,24H,11-13H2,1-4H3,(H2,23,26). The van der Waals surface area contributed by atoms with Gasteiger partial charge in [-0.25, -0.2) is 0 Å². The summed E-state index contributed by atoms with van der Waals surface area (Å²) in [4.78, 5) is 18.0. The molecule has 28 heavy (non-hydrogen) atoms. The third-order valence-corrected chi connectivity index (χ3v) is 5.08. The Labute approximate surface area is 166 Å². The number of hydrogen-bond donors (Lipinski definition) is 3. The molecule has 6 heteroatoms. The number of pyridine rings is 1. The molecule has 0 atom stereocenters. The van der Waals surface area contributed by atoms with Crippen molar-refractivity contribution in [2.24, 2.45) is 0 Å². The minimum absolute atomic E-state index is 0.0342. The molecule has 0 spiro atoms. The Balaban J connectivity index is 1.77. The minimum Gasteiger partial charge on any atom is -0.391 e. The fraction of sp³-hybridized carbons (Fsp3) is 0.318. The molecule has 0 fully saturated rings. The maximum absolute atomic E-state index is 11.7. The Morgan fingerprint density at radius 2 is 1.86 bits per heavy atom. The first-order valence-electron chi connectivity index (χ1n) is 9.45. The van der Waals surface area contributed by atoms with E-state index in [-0.39, 0.29) is 5.91 Å². The molecule has 1 aliphatic rings. The van der Waals surface area contributed by atoms with E-state index in [0.717, 1.165) is 45.9 Å². The van der Waals surface area contributed by atoms with E-state index in [4.69, 9.17) is 5.41 Å². The molecular formula is C22H27N5O. The summed E-state index contributed by atoms with van der Waals surface area (Å²) in [5.41, 5.74) is 6.89. The molecular weight excluding hydrogens is 350 g/mol. The van der Waals surface area contributed by atoms with Gasteiger partial charge in [0.25, 0.3) is 0 Å². The average molecular weight is 377 g/mol. The summed E-state index contributed by atoms with van der Waals surface area (Å²) < 4.78 is 0. The van der Waals surface area contributed by atoms with Crippen LogP contribution in [0, 0.1) is 19.3 Å². The number of amidine groups is 1. The van der Waals surface area contributed by atoms with Crippen LogP contribution in [0.25, 0.3) is 11.1 Å². The van der Waals surface area contributed by atoms with Gasteiger partial charge in [-0.05, 0) is 37.6 Å². The zero-order valence-corrected chi connectivity index (χ0v) is 16.9. The van der Waals surface area contributed by atoms with Gasteiger partial charge in [-0.3, -0.25) is 15.2 Å². The van der Waals surface area contributed by atoms with Gasteiger partial charge in [0.1, 0.15) is 5.84 Å². The SMILES string of the molecule is CNC1=C(C(=N)Nc2ccc(-c3ccc(C)nc3C)cc2)CN(C(C)=O)CC1. The minimum atomic E-state index is 0.0342. The van der Waals surface area contributed by atoms with Crippen molar-refractivity contribution >= 4 is 17.4 Å². The fourth-order valence-electron chi connectivity index (χ4n) is 3.48. The van der Waals surface area contributed by atoms with E-state index in [9.17, 15) is 4.79 Å². The van der Waals surface area contributed by atoms with Crippen LogP contribution in [0.15, 0.2) is 47.7 Å². The first-order chi connectivity index (χ1) is 13.4. The molecule has 3 rings (SSSR count). The number of aryl methyl sites for hydroxylation is 2. The number of benzene rings is 1. The van der Waals surface area contributed by atoms with Gasteiger partial charge in [0.15, 0.2) is 0 Å². The van der Waals surface area contributed by atoms with Crippen molar-refractivity contribution in [2.45, 2.75) is 27.2 Å². The first kappa shape index (κ1) is 19.6. The van der Waals surface area contributed by atoms with Crippen LogP contribution in [0.3, 0.4) is 0 Å². The maximum atomic E-state index is 11.7. The Kier molecular flexibility index (Phi) is 5.78. The molecule has 0 unspecified atom stereocenters. The highest BCUT2D eigenvalue weighted by Gasteiger charge is 2.23. The summed E-state index contributed by atoms with van der Waals surface area (Å²) >= 11 is 0. The van der Waals surface area contributed by atoms with E-state index in [1.165, 1.54) is 0 Å². The van der Waals surface area contributed by atoms with Crippen LogP contribution in [0.1, 0.15) is 24.7 Å². The number of nitrogens with one attached hydrogen (secondary N) is 3. The molecule has 3 N–H and O–H groups in total. The van der Waals surface area contributed by atoms with Gasteiger partial charge >= 0.3 is 0 Å². The van der Waals surface area contributed by atoms with E-state index in [1.807, 2.05) is 51.2 Å². The molecule has 1 aromatic heterocycles.